The Morgan fingerprint density at radius 3 is 2.84 bits per heavy atom. The minimum atomic E-state index is -0.600. The second-order valence-corrected chi connectivity index (χ2v) is 5.37. The molecular formula is C15H14O4. The van der Waals surface area contributed by atoms with Gasteiger partial charge in [-0.25, -0.2) is 0 Å². The molecule has 0 radical (unpaired) electrons. The fraction of sp³-hybridized carbons (Fsp3) is 0.333. The molecule has 4 heteroatoms. The van der Waals surface area contributed by atoms with Gasteiger partial charge in [-0.3, -0.25) is 4.79 Å². The average molecular weight is 258 g/mol. The molecule has 1 aliphatic heterocycles. The van der Waals surface area contributed by atoms with Crippen LogP contribution < -0.4 is 10.2 Å². The molecule has 1 unspecified atom stereocenters. The summed E-state index contributed by atoms with van der Waals surface area (Å²) in [5.41, 5.74) is 0.668. The van der Waals surface area contributed by atoms with Gasteiger partial charge in [0.2, 0.25) is 0 Å². The lowest BCUT2D eigenvalue weighted by atomic mass is 9.83. The fourth-order valence-electron chi connectivity index (χ4n) is 2.47. The molecule has 0 aliphatic carbocycles. The van der Waals surface area contributed by atoms with Crippen molar-refractivity contribution in [2.24, 2.45) is 5.92 Å². The van der Waals surface area contributed by atoms with E-state index in [0.717, 1.165) is 11.8 Å². The number of aldehydes is 1. The SMILES string of the molecule is CC1(C)Oc2c(ccc3c(=O)ccoc23)CC1C=O. The van der Waals surface area contributed by atoms with Crippen LogP contribution in [0.25, 0.3) is 11.0 Å². The molecule has 1 aromatic heterocycles. The zero-order chi connectivity index (χ0) is 13.6. The molecule has 0 saturated carbocycles. The van der Waals surface area contributed by atoms with E-state index in [-0.39, 0.29) is 11.3 Å². The van der Waals surface area contributed by atoms with E-state index >= 15 is 0 Å². The van der Waals surface area contributed by atoms with Crippen LogP contribution in [0.1, 0.15) is 19.4 Å². The lowest BCUT2D eigenvalue weighted by Gasteiger charge is -2.37. The summed E-state index contributed by atoms with van der Waals surface area (Å²) in [6.45, 7) is 3.74. The molecule has 0 fully saturated rings. The van der Waals surface area contributed by atoms with Crippen molar-refractivity contribution in [1.82, 2.24) is 0 Å². The van der Waals surface area contributed by atoms with Crippen LogP contribution in [0, 0.1) is 5.92 Å². The molecule has 1 aliphatic rings. The van der Waals surface area contributed by atoms with Crippen molar-refractivity contribution in [3.05, 3.63) is 40.2 Å². The second-order valence-electron chi connectivity index (χ2n) is 5.37. The number of ether oxygens (including phenoxy) is 1. The molecule has 1 atom stereocenters. The van der Waals surface area contributed by atoms with Crippen LogP contribution in [0.4, 0.5) is 0 Å². The van der Waals surface area contributed by atoms with Gasteiger partial charge in [-0.2, -0.15) is 0 Å². The molecule has 2 aromatic rings. The van der Waals surface area contributed by atoms with Crippen molar-refractivity contribution in [3.8, 4) is 5.75 Å². The number of hydrogen-bond donors (Lipinski definition) is 0. The summed E-state index contributed by atoms with van der Waals surface area (Å²) in [5.74, 6) is 0.381. The fourth-order valence-corrected chi connectivity index (χ4v) is 2.47. The van der Waals surface area contributed by atoms with E-state index in [4.69, 9.17) is 9.15 Å². The first-order valence-electron chi connectivity index (χ1n) is 6.20. The molecule has 98 valence electrons. The van der Waals surface area contributed by atoms with Gasteiger partial charge in [0.25, 0.3) is 0 Å². The molecule has 4 nitrogen and oxygen atoms in total. The third kappa shape index (κ3) is 1.75. The molecule has 0 amide bonds. The zero-order valence-electron chi connectivity index (χ0n) is 10.8. The third-order valence-electron chi connectivity index (χ3n) is 3.73. The van der Waals surface area contributed by atoms with E-state index in [1.54, 1.807) is 6.07 Å². The second kappa shape index (κ2) is 3.95. The van der Waals surface area contributed by atoms with Gasteiger partial charge in [-0.1, -0.05) is 6.07 Å². The van der Waals surface area contributed by atoms with E-state index in [9.17, 15) is 9.59 Å². The largest absolute Gasteiger partial charge is 0.483 e. The minimum absolute atomic E-state index is 0.0945. The quantitative estimate of drug-likeness (QED) is 0.736. The van der Waals surface area contributed by atoms with E-state index in [1.807, 2.05) is 19.9 Å². The van der Waals surface area contributed by atoms with Gasteiger partial charge in [0.1, 0.15) is 11.9 Å². The molecule has 19 heavy (non-hydrogen) atoms. The molecule has 1 aromatic carbocycles. The minimum Gasteiger partial charge on any atom is -0.483 e. The smallest absolute Gasteiger partial charge is 0.192 e. The molecule has 2 heterocycles. The lowest BCUT2D eigenvalue weighted by molar-refractivity contribution is -0.117. The van der Waals surface area contributed by atoms with E-state index < -0.39 is 5.60 Å². The Morgan fingerprint density at radius 2 is 2.11 bits per heavy atom. The number of fused-ring (bicyclic) bond motifs is 3. The maximum atomic E-state index is 11.8. The number of carbonyl (C=O) groups excluding carboxylic acids is 1. The predicted molar refractivity (Wildman–Crippen MR) is 70.4 cm³/mol. The highest BCUT2D eigenvalue weighted by Gasteiger charge is 2.38. The van der Waals surface area contributed by atoms with Gasteiger partial charge in [-0.05, 0) is 31.9 Å². The highest BCUT2D eigenvalue weighted by molar-refractivity contribution is 5.84. The highest BCUT2D eigenvalue weighted by atomic mass is 16.5. The normalized spacial score (nSPS) is 20.6. The van der Waals surface area contributed by atoms with Gasteiger partial charge in [0.15, 0.2) is 16.8 Å². The summed E-state index contributed by atoms with van der Waals surface area (Å²) in [6.07, 6.45) is 2.89. The third-order valence-corrected chi connectivity index (χ3v) is 3.73. The zero-order valence-corrected chi connectivity index (χ0v) is 10.8. The van der Waals surface area contributed by atoms with E-state index in [0.29, 0.717) is 23.1 Å². The van der Waals surface area contributed by atoms with E-state index in [2.05, 4.69) is 0 Å². The van der Waals surface area contributed by atoms with Crippen molar-refractivity contribution in [2.75, 3.05) is 0 Å². The Balaban J connectivity index is 2.27. The standard InChI is InChI=1S/C15H14O4/c1-15(2)10(8-16)7-9-3-4-11-12(17)5-6-18-14(11)13(9)19-15/h3-6,8,10H,7H2,1-2H3. The molecule has 0 saturated heterocycles. The van der Waals surface area contributed by atoms with Gasteiger partial charge < -0.3 is 13.9 Å². The van der Waals surface area contributed by atoms with Crippen molar-refractivity contribution >= 4 is 17.3 Å². The van der Waals surface area contributed by atoms with Crippen LogP contribution in [0.15, 0.2) is 33.7 Å². The summed E-state index contributed by atoms with van der Waals surface area (Å²) < 4.78 is 11.4. The van der Waals surface area contributed by atoms with Crippen LogP contribution in [0.3, 0.4) is 0 Å². The first kappa shape index (κ1) is 12.0. The Bertz CT molecular complexity index is 712. The highest BCUT2D eigenvalue weighted by Crippen LogP contribution is 2.40. The molecule has 0 N–H and O–H groups in total. The summed E-state index contributed by atoms with van der Waals surface area (Å²) in [6, 6.07) is 4.95. The van der Waals surface area contributed by atoms with Crippen LogP contribution in [-0.2, 0) is 11.2 Å². The Kier molecular flexibility index (Phi) is 2.49. The predicted octanol–water partition coefficient (Wildman–Crippen LogP) is 2.32. The molecule has 0 bridgehead atoms. The first-order chi connectivity index (χ1) is 9.03. The summed E-state index contributed by atoms with van der Waals surface area (Å²) in [5, 5.41) is 0.501. The summed E-state index contributed by atoms with van der Waals surface area (Å²) >= 11 is 0. The van der Waals surface area contributed by atoms with Gasteiger partial charge in [-0.15, -0.1) is 0 Å². The van der Waals surface area contributed by atoms with Crippen LogP contribution in [0.2, 0.25) is 0 Å². The van der Waals surface area contributed by atoms with Crippen molar-refractivity contribution < 1.29 is 13.9 Å². The maximum absolute atomic E-state index is 11.8. The van der Waals surface area contributed by atoms with Crippen molar-refractivity contribution in [3.63, 3.8) is 0 Å². The maximum Gasteiger partial charge on any atom is 0.192 e. The first-order valence-corrected chi connectivity index (χ1v) is 6.20. The van der Waals surface area contributed by atoms with Crippen molar-refractivity contribution in [1.29, 1.82) is 0 Å². The van der Waals surface area contributed by atoms with Gasteiger partial charge >= 0.3 is 0 Å². The Morgan fingerprint density at radius 1 is 1.32 bits per heavy atom. The van der Waals surface area contributed by atoms with Crippen LogP contribution in [-0.4, -0.2) is 11.9 Å². The number of hydrogen-bond acceptors (Lipinski definition) is 4. The topological polar surface area (TPSA) is 56.5 Å². The monoisotopic (exact) mass is 258 g/mol. The Labute approximate surface area is 110 Å². The lowest BCUT2D eigenvalue weighted by Crippen LogP contribution is -2.43. The molecular weight excluding hydrogens is 244 g/mol. The molecule has 3 rings (SSSR count). The van der Waals surface area contributed by atoms with Gasteiger partial charge in [0, 0.05) is 6.07 Å². The molecule has 0 spiro atoms. The number of carbonyl (C=O) groups is 1. The summed E-state index contributed by atoms with van der Waals surface area (Å²) in [4.78, 5) is 22.9. The summed E-state index contributed by atoms with van der Waals surface area (Å²) in [7, 11) is 0. The average Bonchev–Trinajstić information content (AvgIpc) is 2.37. The van der Waals surface area contributed by atoms with Crippen LogP contribution in [0.5, 0.6) is 5.75 Å². The van der Waals surface area contributed by atoms with Crippen LogP contribution >= 0.6 is 0 Å². The van der Waals surface area contributed by atoms with Gasteiger partial charge in [0.05, 0.1) is 17.6 Å². The Hall–Kier alpha value is -2.10. The van der Waals surface area contributed by atoms with Crippen molar-refractivity contribution in [2.45, 2.75) is 25.9 Å². The number of benzene rings is 1. The number of rotatable bonds is 1. The van der Waals surface area contributed by atoms with E-state index in [1.165, 1.54) is 12.3 Å².